The van der Waals surface area contributed by atoms with Crippen LogP contribution in [0.2, 0.25) is 0 Å². The molecule has 0 amide bonds. The van der Waals surface area contributed by atoms with Gasteiger partial charge in [-0.05, 0) is 17.5 Å². The van der Waals surface area contributed by atoms with Crippen molar-refractivity contribution in [1.29, 1.82) is 0 Å². The molecule has 0 spiro atoms. The number of carbonyl (C=O) groups is 1. The summed E-state index contributed by atoms with van der Waals surface area (Å²) in [5.74, 6) is 0.0817. The summed E-state index contributed by atoms with van der Waals surface area (Å²) in [4.78, 5) is 12.1. The summed E-state index contributed by atoms with van der Waals surface area (Å²) in [5.41, 5.74) is 8.88. The number of hydrogen-bond acceptors (Lipinski definition) is 3. The van der Waals surface area contributed by atoms with E-state index < -0.39 is 0 Å². The van der Waals surface area contributed by atoms with Gasteiger partial charge in [-0.1, -0.05) is 54.6 Å². The maximum atomic E-state index is 12.1. The standard InChI is InChI=1S/C18H21NO2/c1-21-12-11-17(19)13-18(20)16-9-7-15(8-10-16)14-5-3-2-4-6-14/h2-10,17H,11-13,19H2,1H3. The summed E-state index contributed by atoms with van der Waals surface area (Å²) >= 11 is 0. The molecule has 0 aliphatic carbocycles. The van der Waals surface area contributed by atoms with Gasteiger partial charge in [0.05, 0.1) is 0 Å². The Bertz CT molecular complexity index is 564. The molecular weight excluding hydrogens is 262 g/mol. The number of ketones is 1. The first-order valence-electron chi connectivity index (χ1n) is 7.14. The second-order valence-corrected chi connectivity index (χ2v) is 5.11. The van der Waals surface area contributed by atoms with Crippen molar-refractivity contribution in [2.24, 2.45) is 5.73 Å². The van der Waals surface area contributed by atoms with Crippen LogP contribution in [0.3, 0.4) is 0 Å². The molecule has 0 heterocycles. The topological polar surface area (TPSA) is 52.3 Å². The molecule has 0 fully saturated rings. The lowest BCUT2D eigenvalue weighted by Crippen LogP contribution is -2.25. The average Bonchev–Trinajstić information content (AvgIpc) is 2.54. The molecule has 1 atom stereocenters. The van der Waals surface area contributed by atoms with Crippen LogP contribution in [0, 0.1) is 0 Å². The minimum atomic E-state index is -0.147. The van der Waals surface area contributed by atoms with Crippen LogP contribution in [-0.2, 0) is 4.74 Å². The van der Waals surface area contributed by atoms with Gasteiger partial charge >= 0.3 is 0 Å². The first-order valence-corrected chi connectivity index (χ1v) is 7.14. The second kappa shape index (κ2) is 7.72. The maximum Gasteiger partial charge on any atom is 0.164 e. The van der Waals surface area contributed by atoms with Gasteiger partial charge in [0.1, 0.15) is 0 Å². The number of rotatable bonds is 7. The van der Waals surface area contributed by atoms with E-state index in [1.54, 1.807) is 7.11 Å². The molecule has 1 unspecified atom stereocenters. The van der Waals surface area contributed by atoms with Crippen LogP contribution >= 0.6 is 0 Å². The fourth-order valence-corrected chi connectivity index (χ4v) is 2.21. The van der Waals surface area contributed by atoms with Crippen molar-refractivity contribution in [1.82, 2.24) is 0 Å². The van der Waals surface area contributed by atoms with Crippen LogP contribution in [0.25, 0.3) is 11.1 Å². The Labute approximate surface area is 125 Å². The molecule has 2 aromatic carbocycles. The number of nitrogens with two attached hydrogens (primary N) is 1. The lowest BCUT2D eigenvalue weighted by Gasteiger charge is -2.10. The van der Waals surface area contributed by atoms with Gasteiger partial charge in [0, 0.05) is 31.7 Å². The number of ether oxygens (including phenoxy) is 1. The Hall–Kier alpha value is -1.97. The van der Waals surface area contributed by atoms with E-state index in [-0.39, 0.29) is 11.8 Å². The first kappa shape index (κ1) is 15.4. The van der Waals surface area contributed by atoms with Crippen LogP contribution in [0.15, 0.2) is 54.6 Å². The fourth-order valence-electron chi connectivity index (χ4n) is 2.21. The van der Waals surface area contributed by atoms with Gasteiger partial charge in [-0.15, -0.1) is 0 Å². The molecule has 2 N–H and O–H groups in total. The van der Waals surface area contributed by atoms with Crippen LogP contribution in [0.1, 0.15) is 23.2 Å². The quantitative estimate of drug-likeness (QED) is 0.793. The van der Waals surface area contributed by atoms with Crippen molar-refractivity contribution in [2.75, 3.05) is 13.7 Å². The number of Topliss-reactive ketones (excluding diaryl/α,β-unsaturated/α-hetero) is 1. The van der Waals surface area contributed by atoms with E-state index in [1.165, 1.54) is 0 Å². The Kier molecular flexibility index (Phi) is 5.67. The summed E-state index contributed by atoms with van der Waals surface area (Å²) in [6.07, 6.45) is 1.05. The number of methoxy groups -OCH3 is 1. The highest BCUT2D eigenvalue weighted by Crippen LogP contribution is 2.20. The van der Waals surface area contributed by atoms with Crippen LogP contribution in [0.5, 0.6) is 0 Å². The predicted molar refractivity (Wildman–Crippen MR) is 85.3 cm³/mol. The van der Waals surface area contributed by atoms with Crippen LogP contribution in [0.4, 0.5) is 0 Å². The molecule has 0 aromatic heterocycles. The van der Waals surface area contributed by atoms with Gasteiger partial charge in [0.15, 0.2) is 5.78 Å². The molecular formula is C18H21NO2. The molecule has 2 aromatic rings. The van der Waals surface area contributed by atoms with E-state index in [2.05, 4.69) is 12.1 Å². The van der Waals surface area contributed by atoms with Gasteiger partial charge in [-0.2, -0.15) is 0 Å². The molecule has 3 nitrogen and oxygen atoms in total. The zero-order valence-corrected chi connectivity index (χ0v) is 12.3. The third-order valence-electron chi connectivity index (χ3n) is 3.45. The highest BCUT2D eigenvalue weighted by Gasteiger charge is 2.11. The smallest absolute Gasteiger partial charge is 0.164 e. The largest absolute Gasteiger partial charge is 0.385 e. The zero-order chi connectivity index (χ0) is 15.1. The summed E-state index contributed by atoms with van der Waals surface area (Å²) < 4.78 is 4.97. The summed E-state index contributed by atoms with van der Waals surface area (Å²) in [6, 6.07) is 17.6. The first-order chi connectivity index (χ1) is 10.2. The van der Waals surface area contributed by atoms with E-state index in [4.69, 9.17) is 10.5 Å². The Balaban J connectivity index is 2.00. The van der Waals surface area contributed by atoms with E-state index in [0.29, 0.717) is 25.0 Å². The SMILES string of the molecule is COCCC(N)CC(=O)c1ccc(-c2ccccc2)cc1. The van der Waals surface area contributed by atoms with Crippen molar-refractivity contribution < 1.29 is 9.53 Å². The average molecular weight is 283 g/mol. The van der Waals surface area contributed by atoms with Gasteiger partial charge in [-0.25, -0.2) is 0 Å². The fraction of sp³-hybridized carbons (Fsp3) is 0.278. The van der Waals surface area contributed by atoms with Gasteiger partial charge in [0.25, 0.3) is 0 Å². The molecule has 3 heteroatoms. The third-order valence-corrected chi connectivity index (χ3v) is 3.45. The normalized spacial score (nSPS) is 12.1. The summed E-state index contributed by atoms with van der Waals surface area (Å²) in [7, 11) is 1.64. The van der Waals surface area contributed by atoms with Gasteiger partial charge in [0.2, 0.25) is 0 Å². The molecule has 2 rings (SSSR count). The molecule has 0 aliphatic rings. The Morgan fingerprint density at radius 1 is 1.05 bits per heavy atom. The maximum absolute atomic E-state index is 12.1. The highest BCUT2D eigenvalue weighted by molar-refractivity contribution is 5.96. The third kappa shape index (κ3) is 4.52. The van der Waals surface area contributed by atoms with E-state index in [0.717, 1.165) is 11.1 Å². The molecule has 0 radical (unpaired) electrons. The number of hydrogen-bond donors (Lipinski definition) is 1. The summed E-state index contributed by atoms with van der Waals surface area (Å²) in [6.45, 7) is 0.585. The molecule has 0 aliphatic heterocycles. The monoisotopic (exact) mass is 283 g/mol. The van der Waals surface area contributed by atoms with Crippen molar-refractivity contribution in [2.45, 2.75) is 18.9 Å². The number of benzene rings is 2. The van der Waals surface area contributed by atoms with Crippen molar-refractivity contribution in [3.63, 3.8) is 0 Å². The van der Waals surface area contributed by atoms with Gasteiger partial charge < -0.3 is 10.5 Å². The zero-order valence-electron chi connectivity index (χ0n) is 12.3. The van der Waals surface area contributed by atoms with Crippen LogP contribution < -0.4 is 5.73 Å². The molecule has 0 saturated carbocycles. The summed E-state index contributed by atoms with van der Waals surface area (Å²) in [5, 5.41) is 0. The molecule has 0 bridgehead atoms. The van der Waals surface area contributed by atoms with E-state index in [1.807, 2.05) is 42.5 Å². The molecule has 21 heavy (non-hydrogen) atoms. The minimum absolute atomic E-state index is 0.0817. The van der Waals surface area contributed by atoms with Crippen molar-refractivity contribution in [3.8, 4) is 11.1 Å². The lowest BCUT2D eigenvalue weighted by atomic mass is 9.99. The number of carbonyl (C=O) groups excluding carboxylic acids is 1. The molecule has 0 saturated heterocycles. The highest BCUT2D eigenvalue weighted by atomic mass is 16.5. The van der Waals surface area contributed by atoms with Crippen LogP contribution in [-0.4, -0.2) is 25.5 Å². The molecule has 110 valence electrons. The predicted octanol–water partition coefficient (Wildman–Crippen LogP) is 3.29. The lowest BCUT2D eigenvalue weighted by molar-refractivity contribution is 0.0967. The van der Waals surface area contributed by atoms with E-state index >= 15 is 0 Å². The second-order valence-electron chi connectivity index (χ2n) is 5.11. The minimum Gasteiger partial charge on any atom is -0.385 e. The Morgan fingerprint density at radius 2 is 1.67 bits per heavy atom. The van der Waals surface area contributed by atoms with Gasteiger partial charge in [-0.3, -0.25) is 4.79 Å². The van der Waals surface area contributed by atoms with Crippen molar-refractivity contribution in [3.05, 3.63) is 60.2 Å². The Morgan fingerprint density at radius 3 is 2.29 bits per heavy atom. The van der Waals surface area contributed by atoms with E-state index in [9.17, 15) is 4.79 Å². The van der Waals surface area contributed by atoms with Crippen molar-refractivity contribution >= 4 is 5.78 Å².